The number of hydrogen-bond donors (Lipinski definition) is 6. The number of oxime groups is 1. The lowest BCUT2D eigenvalue weighted by Crippen LogP contribution is -2.33. The number of ether oxygens (including phenoxy) is 2. The first-order valence-electron chi connectivity index (χ1n) is 19.0. The molecule has 16 heteroatoms. The molecule has 2 aromatic heterocycles. The van der Waals surface area contributed by atoms with Crippen molar-refractivity contribution in [2.45, 2.75) is 142 Å². The molecule has 3 unspecified atom stereocenters. The molecule has 0 radical (unpaired) electrons. The highest BCUT2D eigenvalue weighted by Gasteiger charge is 2.45. The highest BCUT2D eigenvalue weighted by Crippen LogP contribution is 2.44. The number of nitrogens with zero attached hydrogens (tertiary/aromatic N) is 4. The average Bonchev–Trinajstić information content (AvgIpc) is 3.64. The number of rotatable bonds is 28. The number of allylic oxidation sites excluding steroid dienone is 1. The van der Waals surface area contributed by atoms with Crippen molar-refractivity contribution in [3.8, 4) is 0 Å². The van der Waals surface area contributed by atoms with Gasteiger partial charge in [0.25, 0.3) is 0 Å². The van der Waals surface area contributed by atoms with Crippen LogP contribution in [-0.2, 0) is 23.1 Å². The first-order chi connectivity index (χ1) is 25.1. The van der Waals surface area contributed by atoms with Gasteiger partial charge in [0.1, 0.15) is 36.1 Å². The number of phosphoric ester groups is 1. The van der Waals surface area contributed by atoms with E-state index in [1.54, 1.807) is 0 Å². The molecule has 0 saturated carbocycles. The van der Waals surface area contributed by atoms with Crippen LogP contribution in [0, 0.1) is 0 Å². The lowest BCUT2D eigenvalue weighted by molar-refractivity contribution is -0.0513. The molecule has 15 nitrogen and oxygen atoms in total. The molecule has 1 aliphatic heterocycles. The van der Waals surface area contributed by atoms with Crippen molar-refractivity contribution in [1.82, 2.24) is 14.5 Å². The molecule has 1 saturated heterocycles. The van der Waals surface area contributed by atoms with Crippen molar-refractivity contribution in [1.29, 1.82) is 0 Å². The van der Waals surface area contributed by atoms with Crippen LogP contribution >= 0.6 is 7.82 Å². The molecular formula is C36H63N6O9P. The van der Waals surface area contributed by atoms with E-state index in [0.717, 1.165) is 18.4 Å². The van der Waals surface area contributed by atoms with Crippen LogP contribution < -0.4 is 11.1 Å². The third kappa shape index (κ3) is 14.7. The van der Waals surface area contributed by atoms with E-state index in [4.69, 9.17) is 24.3 Å². The normalized spacial score (nSPS) is 20.4. The fourth-order valence-corrected chi connectivity index (χ4v) is 6.93. The summed E-state index contributed by atoms with van der Waals surface area (Å²) < 4.78 is 35.7. The number of aliphatic hydroxyl groups is 2. The molecule has 1 aliphatic rings. The van der Waals surface area contributed by atoms with Gasteiger partial charge in [-0.05, 0) is 26.7 Å². The Labute approximate surface area is 308 Å². The van der Waals surface area contributed by atoms with Gasteiger partial charge in [-0.2, -0.15) is 0 Å². The number of anilines is 1. The number of hydrogen-bond acceptors (Lipinski definition) is 12. The van der Waals surface area contributed by atoms with E-state index in [1.807, 2.05) is 19.9 Å². The summed E-state index contributed by atoms with van der Waals surface area (Å²) >= 11 is 0. The molecule has 7 N–H and O–H groups in total. The van der Waals surface area contributed by atoms with Gasteiger partial charge in [0, 0.05) is 26.0 Å². The maximum atomic E-state index is 12.5. The van der Waals surface area contributed by atoms with E-state index < -0.39 is 39.0 Å². The predicted molar refractivity (Wildman–Crippen MR) is 201 cm³/mol. The SMILES string of the molecule is CCCCCCCCCCCCCCCCOCCCOP(=O)(O)OCC1O[C@@H](n2cc(/C(N)=N\O)c3c(NCC=C(C)C)ncnc32)[C@H](O)C1O. The lowest BCUT2D eigenvalue weighted by atomic mass is 10.0. The third-order valence-electron chi connectivity index (χ3n) is 9.12. The lowest BCUT2D eigenvalue weighted by Gasteiger charge is -2.18. The molecule has 2 aromatic rings. The summed E-state index contributed by atoms with van der Waals surface area (Å²) in [5.74, 6) is 0.171. The van der Waals surface area contributed by atoms with Crippen molar-refractivity contribution < 1.29 is 43.4 Å². The topological polar surface area (TPSA) is 216 Å². The number of phosphoric acid groups is 1. The van der Waals surface area contributed by atoms with Crippen LogP contribution in [0.25, 0.3) is 11.0 Å². The Bertz CT molecular complexity index is 1420. The molecule has 0 aromatic carbocycles. The third-order valence-corrected chi connectivity index (χ3v) is 10.1. The number of aromatic nitrogens is 3. The molecule has 0 aliphatic carbocycles. The van der Waals surface area contributed by atoms with Gasteiger partial charge in [0.2, 0.25) is 0 Å². The van der Waals surface area contributed by atoms with Crippen molar-refractivity contribution >= 4 is 30.5 Å². The largest absolute Gasteiger partial charge is 0.472 e. The van der Waals surface area contributed by atoms with Gasteiger partial charge < -0.3 is 45.4 Å². The van der Waals surface area contributed by atoms with Crippen LogP contribution in [0.15, 0.2) is 29.3 Å². The molecule has 3 heterocycles. The number of amidine groups is 1. The highest BCUT2D eigenvalue weighted by atomic mass is 31.2. The van der Waals surface area contributed by atoms with Gasteiger partial charge >= 0.3 is 7.82 Å². The van der Waals surface area contributed by atoms with E-state index in [-0.39, 0.29) is 23.7 Å². The summed E-state index contributed by atoms with van der Waals surface area (Å²) in [5, 5.41) is 37.8. The molecular weight excluding hydrogens is 691 g/mol. The van der Waals surface area contributed by atoms with E-state index in [9.17, 15) is 24.9 Å². The molecule has 52 heavy (non-hydrogen) atoms. The monoisotopic (exact) mass is 754 g/mol. The minimum Gasteiger partial charge on any atom is -0.409 e. The quantitative estimate of drug-likeness (QED) is 0.0104. The van der Waals surface area contributed by atoms with Crippen LogP contribution in [0.2, 0.25) is 0 Å². The van der Waals surface area contributed by atoms with Gasteiger partial charge in [-0.15, -0.1) is 0 Å². The standard InChI is InChI=1S/C36H63N6O9P/c1-4-5-6-7-8-9-10-11-12-13-14-15-16-17-21-48-22-18-23-49-52(46,47)50-25-29-31(43)32(44)36(51-29)42-24-28(33(37)41-45)30-34(38-20-19-27(2)3)39-26-40-35(30)42/h19,24,26,29,31-32,36,43-45H,4-18,20-23,25H2,1-3H3,(H2,37,41)(H,46,47)(H,38,39,40)/t29?,31?,32-,36-/m1/s1. The summed E-state index contributed by atoms with van der Waals surface area (Å²) in [6.07, 6.45) is 18.0. The molecule has 0 amide bonds. The fraction of sp³-hybridized carbons (Fsp3) is 0.750. The zero-order valence-electron chi connectivity index (χ0n) is 31.3. The summed E-state index contributed by atoms with van der Waals surface area (Å²) in [6.45, 7) is 7.07. The maximum Gasteiger partial charge on any atom is 0.472 e. The van der Waals surface area contributed by atoms with Crippen molar-refractivity contribution in [3.05, 3.63) is 29.7 Å². The van der Waals surface area contributed by atoms with Crippen molar-refractivity contribution in [2.24, 2.45) is 10.9 Å². The molecule has 0 bridgehead atoms. The maximum absolute atomic E-state index is 12.5. The second kappa shape index (κ2) is 23.9. The van der Waals surface area contributed by atoms with E-state index >= 15 is 0 Å². The van der Waals surface area contributed by atoms with Crippen LogP contribution in [0.4, 0.5) is 5.82 Å². The Hall–Kier alpha value is -2.62. The molecule has 3 rings (SSSR count). The Morgan fingerprint density at radius 2 is 1.56 bits per heavy atom. The fourth-order valence-electron chi connectivity index (χ4n) is 6.16. The van der Waals surface area contributed by atoms with E-state index in [1.165, 1.54) is 94.1 Å². The molecule has 1 fully saturated rings. The van der Waals surface area contributed by atoms with Gasteiger partial charge in [0.15, 0.2) is 12.1 Å². The van der Waals surface area contributed by atoms with Gasteiger partial charge in [-0.25, -0.2) is 14.5 Å². The Morgan fingerprint density at radius 3 is 2.17 bits per heavy atom. The number of aliphatic hydroxyl groups excluding tert-OH is 2. The second-order valence-electron chi connectivity index (χ2n) is 13.7. The zero-order chi connectivity index (χ0) is 37.8. The van der Waals surface area contributed by atoms with Gasteiger partial charge in [0.05, 0.1) is 24.2 Å². The zero-order valence-corrected chi connectivity index (χ0v) is 32.2. The van der Waals surface area contributed by atoms with Gasteiger partial charge in [-0.3, -0.25) is 9.05 Å². The minimum atomic E-state index is -4.48. The minimum absolute atomic E-state index is 0.0541. The first-order valence-corrected chi connectivity index (χ1v) is 20.5. The molecule has 296 valence electrons. The Balaban J connectivity index is 1.34. The van der Waals surface area contributed by atoms with Crippen molar-refractivity contribution in [2.75, 3.05) is 38.3 Å². The summed E-state index contributed by atoms with van der Waals surface area (Å²) in [6, 6.07) is 0. The number of fused-ring (bicyclic) bond motifs is 1. The van der Waals surface area contributed by atoms with Crippen molar-refractivity contribution in [3.63, 3.8) is 0 Å². The van der Waals surface area contributed by atoms with E-state index in [0.29, 0.717) is 37.4 Å². The summed E-state index contributed by atoms with van der Waals surface area (Å²) in [7, 11) is -4.48. The predicted octanol–water partition coefficient (Wildman–Crippen LogP) is 6.54. The van der Waals surface area contributed by atoms with Crippen LogP contribution in [-0.4, -0.2) is 92.0 Å². The summed E-state index contributed by atoms with van der Waals surface area (Å²) in [5.41, 5.74) is 7.60. The first kappa shape index (κ1) is 43.8. The molecule has 0 spiro atoms. The number of nitrogens with one attached hydrogen (secondary N) is 1. The Kier molecular flexibility index (Phi) is 20.1. The van der Waals surface area contributed by atoms with Crippen LogP contribution in [0.5, 0.6) is 0 Å². The molecule has 5 atom stereocenters. The van der Waals surface area contributed by atoms with Crippen LogP contribution in [0.3, 0.4) is 0 Å². The number of nitrogens with two attached hydrogens (primary N) is 1. The van der Waals surface area contributed by atoms with E-state index in [2.05, 4.69) is 27.4 Å². The highest BCUT2D eigenvalue weighted by molar-refractivity contribution is 7.47. The smallest absolute Gasteiger partial charge is 0.409 e. The second-order valence-corrected chi connectivity index (χ2v) is 15.2. The number of unbranched alkanes of at least 4 members (excludes halogenated alkanes) is 13. The average molecular weight is 755 g/mol. The van der Waals surface area contributed by atoms with Crippen LogP contribution in [0.1, 0.15) is 129 Å². The Morgan fingerprint density at radius 1 is 0.942 bits per heavy atom. The summed E-state index contributed by atoms with van der Waals surface area (Å²) in [4.78, 5) is 18.8. The van der Waals surface area contributed by atoms with Gasteiger partial charge in [-0.1, -0.05) is 107 Å².